The van der Waals surface area contributed by atoms with Gasteiger partial charge in [0.25, 0.3) is 12.3 Å². The van der Waals surface area contributed by atoms with E-state index in [1.807, 2.05) is 30.3 Å². The largest absolute Gasteiger partial charge is 0.389 e. The van der Waals surface area contributed by atoms with Gasteiger partial charge in [-0.3, -0.25) is 14.9 Å². The maximum atomic E-state index is 13.2. The van der Waals surface area contributed by atoms with Gasteiger partial charge in [0, 0.05) is 5.56 Å². The third-order valence-electron chi connectivity index (χ3n) is 5.08. The van der Waals surface area contributed by atoms with E-state index in [-0.39, 0.29) is 6.67 Å². The van der Waals surface area contributed by atoms with Crippen molar-refractivity contribution in [2.75, 3.05) is 13.3 Å². The van der Waals surface area contributed by atoms with Gasteiger partial charge in [-0.2, -0.15) is 0 Å². The van der Waals surface area contributed by atoms with Crippen molar-refractivity contribution in [1.82, 2.24) is 10.6 Å². The van der Waals surface area contributed by atoms with Crippen molar-refractivity contribution in [3.63, 3.8) is 0 Å². The highest BCUT2D eigenvalue weighted by Gasteiger charge is 2.54. The highest BCUT2D eigenvalue weighted by atomic mass is 19.3. The Kier molecular flexibility index (Phi) is 7.18. The van der Waals surface area contributed by atoms with Crippen LogP contribution in [0, 0.1) is 0 Å². The minimum atomic E-state index is -3.25. The Balaban J connectivity index is 2.05. The Morgan fingerprint density at radius 1 is 1.00 bits per heavy atom. The van der Waals surface area contributed by atoms with Gasteiger partial charge in [0.1, 0.15) is 17.7 Å². The lowest BCUT2D eigenvalue weighted by molar-refractivity contribution is -0.161. The fourth-order valence-corrected chi connectivity index (χ4v) is 2.78. The number of nitrogens with one attached hydrogen (secondary N) is 2. The van der Waals surface area contributed by atoms with Crippen LogP contribution >= 0.6 is 0 Å². The minimum absolute atomic E-state index is 0.335. The van der Waals surface area contributed by atoms with Crippen LogP contribution < -0.4 is 10.6 Å². The van der Waals surface area contributed by atoms with E-state index < -0.39 is 35.9 Å². The van der Waals surface area contributed by atoms with E-state index in [0.717, 1.165) is 25.0 Å². The smallest absolute Gasteiger partial charge is 0.268 e. The number of benzene rings is 2. The number of hydrogen-bond acceptors (Lipinski definition) is 5. The SMILES string of the molecule is CC(NCNC(=O)c1ccc(-c2ccccc2)cc1)(C(=O)CO)C(C)(O)C(F)F. The van der Waals surface area contributed by atoms with Gasteiger partial charge in [0.2, 0.25) is 0 Å². The van der Waals surface area contributed by atoms with Gasteiger partial charge in [-0.15, -0.1) is 0 Å². The number of halogens is 2. The van der Waals surface area contributed by atoms with Crippen LogP contribution in [0.25, 0.3) is 11.1 Å². The summed E-state index contributed by atoms with van der Waals surface area (Å²) in [6.45, 7) is 0.437. The third-order valence-corrected chi connectivity index (χ3v) is 5.08. The second-order valence-electron chi connectivity index (χ2n) is 6.96. The zero-order chi connectivity index (χ0) is 21.7. The summed E-state index contributed by atoms with van der Waals surface area (Å²) in [6, 6.07) is 16.4. The average molecular weight is 406 g/mol. The predicted molar refractivity (Wildman–Crippen MR) is 104 cm³/mol. The van der Waals surface area contributed by atoms with E-state index in [4.69, 9.17) is 5.11 Å². The van der Waals surface area contributed by atoms with E-state index in [0.29, 0.717) is 5.56 Å². The monoisotopic (exact) mass is 406 g/mol. The molecule has 0 radical (unpaired) electrons. The quantitative estimate of drug-likeness (QED) is 0.478. The molecule has 6 nitrogen and oxygen atoms in total. The van der Waals surface area contributed by atoms with Crippen LogP contribution in [0.4, 0.5) is 8.78 Å². The number of ketones is 1. The molecule has 0 aromatic heterocycles. The average Bonchev–Trinajstić information content (AvgIpc) is 2.73. The Morgan fingerprint density at radius 3 is 2.07 bits per heavy atom. The van der Waals surface area contributed by atoms with Crippen LogP contribution in [0.2, 0.25) is 0 Å². The number of Topliss-reactive ketones (excluding diaryl/α,β-unsaturated/α-hetero) is 1. The van der Waals surface area contributed by atoms with Crippen molar-refractivity contribution in [2.45, 2.75) is 31.4 Å². The molecule has 2 aromatic rings. The fraction of sp³-hybridized carbons (Fsp3) is 0.333. The van der Waals surface area contributed by atoms with Crippen LogP contribution in [-0.4, -0.2) is 52.7 Å². The standard InChI is InChI=1S/C21H24F2N2O4/c1-20(17(27)12-26,21(2,29)19(22)23)25-13-24-18(28)16-10-8-15(9-11-16)14-6-4-3-5-7-14/h3-11,19,25-26,29H,12-13H2,1-2H3,(H,24,28). The molecule has 0 aliphatic carbocycles. The highest BCUT2D eigenvalue weighted by molar-refractivity contribution is 5.95. The Hall–Kier alpha value is -2.68. The molecular formula is C21H24F2N2O4. The lowest BCUT2D eigenvalue weighted by Crippen LogP contribution is -2.69. The van der Waals surface area contributed by atoms with E-state index in [2.05, 4.69) is 10.6 Å². The van der Waals surface area contributed by atoms with Crippen LogP contribution in [0.3, 0.4) is 0 Å². The van der Waals surface area contributed by atoms with Gasteiger partial charge in [0.05, 0.1) is 6.67 Å². The van der Waals surface area contributed by atoms with Crippen molar-refractivity contribution in [3.8, 4) is 11.1 Å². The summed E-state index contributed by atoms with van der Waals surface area (Å²) in [6.07, 6.45) is -3.25. The molecule has 0 saturated carbocycles. The predicted octanol–water partition coefficient (Wildman–Crippen LogP) is 1.97. The molecule has 2 aromatic carbocycles. The molecule has 2 unspecified atom stereocenters. The number of rotatable bonds is 9. The molecule has 0 bridgehead atoms. The normalized spacial score (nSPS) is 15.4. The first kappa shape index (κ1) is 22.6. The van der Waals surface area contributed by atoms with Crippen molar-refractivity contribution in [3.05, 3.63) is 60.2 Å². The number of alkyl halides is 2. The van der Waals surface area contributed by atoms with Crippen LogP contribution in [0.15, 0.2) is 54.6 Å². The summed E-state index contributed by atoms with van der Waals surface area (Å²) in [5.41, 5.74) is -2.67. The summed E-state index contributed by atoms with van der Waals surface area (Å²) in [5, 5.41) is 24.1. The Bertz CT molecular complexity index is 842. The summed E-state index contributed by atoms with van der Waals surface area (Å²) < 4.78 is 26.4. The molecule has 0 fully saturated rings. The van der Waals surface area contributed by atoms with Crippen molar-refractivity contribution >= 4 is 11.7 Å². The summed E-state index contributed by atoms with van der Waals surface area (Å²) in [5.74, 6) is -1.52. The molecule has 0 saturated heterocycles. The molecular weight excluding hydrogens is 382 g/mol. The van der Waals surface area contributed by atoms with E-state index in [9.17, 15) is 23.5 Å². The van der Waals surface area contributed by atoms with E-state index in [1.165, 1.54) is 0 Å². The van der Waals surface area contributed by atoms with Gasteiger partial charge in [-0.1, -0.05) is 42.5 Å². The summed E-state index contributed by atoms with van der Waals surface area (Å²) in [7, 11) is 0. The lowest BCUT2D eigenvalue weighted by atomic mass is 9.79. The minimum Gasteiger partial charge on any atom is -0.389 e. The van der Waals surface area contributed by atoms with Gasteiger partial charge in [-0.25, -0.2) is 8.78 Å². The van der Waals surface area contributed by atoms with Crippen LogP contribution in [-0.2, 0) is 4.79 Å². The maximum Gasteiger partial charge on any atom is 0.268 e. The van der Waals surface area contributed by atoms with Crippen molar-refractivity contribution in [2.24, 2.45) is 0 Å². The number of aliphatic hydroxyl groups excluding tert-OH is 1. The molecule has 156 valence electrons. The van der Waals surface area contributed by atoms with Crippen LogP contribution in [0.1, 0.15) is 24.2 Å². The number of carbonyl (C=O) groups is 2. The van der Waals surface area contributed by atoms with Crippen molar-refractivity contribution in [1.29, 1.82) is 0 Å². The lowest BCUT2D eigenvalue weighted by Gasteiger charge is -2.41. The first-order valence-corrected chi connectivity index (χ1v) is 8.97. The number of carbonyl (C=O) groups excluding carboxylic acids is 2. The molecule has 8 heteroatoms. The second-order valence-corrected chi connectivity index (χ2v) is 6.96. The van der Waals surface area contributed by atoms with E-state index in [1.54, 1.807) is 24.3 Å². The molecule has 2 rings (SSSR count). The molecule has 0 aliphatic heterocycles. The Morgan fingerprint density at radius 2 is 1.55 bits per heavy atom. The zero-order valence-corrected chi connectivity index (χ0v) is 16.2. The van der Waals surface area contributed by atoms with Crippen molar-refractivity contribution < 1.29 is 28.6 Å². The molecule has 29 heavy (non-hydrogen) atoms. The molecule has 2 atom stereocenters. The Labute approximate surface area is 167 Å². The number of aliphatic hydroxyl groups is 2. The first-order valence-electron chi connectivity index (χ1n) is 8.97. The second kappa shape index (κ2) is 9.21. The molecule has 1 amide bonds. The highest BCUT2D eigenvalue weighted by Crippen LogP contribution is 2.29. The first-order chi connectivity index (χ1) is 13.6. The van der Waals surface area contributed by atoms with Gasteiger partial charge < -0.3 is 15.5 Å². The zero-order valence-electron chi connectivity index (χ0n) is 16.2. The molecule has 0 spiro atoms. The summed E-state index contributed by atoms with van der Waals surface area (Å²) in [4.78, 5) is 24.3. The van der Waals surface area contributed by atoms with Gasteiger partial charge in [-0.05, 0) is 37.1 Å². The van der Waals surface area contributed by atoms with E-state index >= 15 is 0 Å². The molecule has 4 N–H and O–H groups in total. The maximum absolute atomic E-state index is 13.2. The fourth-order valence-electron chi connectivity index (χ4n) is 2.78. The summed E-state index contributed by atoms with van der Waals surface area (Å²) >= 11 is 0. The molecule has 0 aliphatic rings. The number of amides is 1. The van der Waals surface area contributed by atoms with Crippen LogP contribution in [0.5, 0.6) is 0 Å². The molecule has 0 heterocycles. The third kappa shape index (κ3) is 4.84. The number of hydrogen-bond donors (Lipinski definition) is 4. The van der Waals surface area contributed by atoms with Gasteiger partial charge >= 0.3 is 0 Å². The topological polar surface area (TPSA) is 98.7 Å². The van der Waals surface area contributed by atoms with Gasteiger partial charge in [0.15, 0.2) is 5.78 Å².